The molecule has 0 spiro atoms. The molecule has 0 radical (unpaired) electrons. The summed E-state index contributed by atoms with van der Waals surface area (Å²) in [6.45, 7) is 4.78. The standard InChI is InChI=1S/C21H24Cl2N2O/c1-2-15-3-6-18(7-4-15)24-21(26)17-9-11-25(12-10-17)14-16-5-8-19(22)20(23)13-16/h3-8,13,17H,2,9-12,14H2,1H3,(H,24,26). The first-order valence-corrected chi connectivity index (χ1v) is 9.87. The van der Waals surface area contributed by atoms with E-state index in [9.17, 15) is 4.79 Å². The number of benzene rings is 2. The van der Waals surface area contributed by atoms with Crippen molar-refractivity contribution in [3.05, 3.63) is 63.6 Å². The number of rotatable bonds is 5. The Kier molecular flexibility index (Phi) is 6.58. The van der Waals surface area contributed by atoms with Crippen LogP contribution in [0.3, 0.4) is 0 Å². The van der Waals surface area contributed by atoms with Gasteiger partial charge in [0.1, 0.15) is 0 Å². The molecule has 1 aliphatic heterocycles. The average Bonchev–Trinajstić information content (AvgIpc) is 2.66. The first kappa shape index (κ1) is 19.2. The van der Waals surface area contributed by atoms with Crippen LogP contribution in [0.4, 0.5) is 5.69 Å². The van der Waals surface area contributed by atoms with Gasteiger partial charge in [0.15, 0.2) is 0 Å². The summed E-state index contributed by atoms with van der Waals surface area (Å²) < 4.78 is 0. The van der Waals surface area contributed by atoms with Crippen LogP contribution in [0.2, 0.25) is 10.0 Å². The Balaban J connectivity index is 1.49. The number of nitrogens with zero attached hydrogens (tertiary/aromatic N) is 1. The van der Waals surface area contributed by atoms with Crippen molar-refractivity contribution in [1.29, 1.82) is 0 Å². The third-order valence-corrected chi connectivity index (χ3v) is 5.72. The fourth-order valence-electron chi connectivity index (χ4n) is 3.32. The fourth-order valence-corrected chi connectivity index (χ4v) is 3.64. The lowest BCUT2D eigenvalue weighted by Crippen LogP contribution is -2.37. The quantitative estimate of drug-likeness (QED) is 0.740. The molecule has 26 heavy (non-hydrogen) atoms. The molecule has 1 saturated heterocycles. The van der Waals surface area contributed by atoms with E-state index in [0.717, 1.165) is 50.1 Å². The second-order valence-corrected chi connectivity index (χ2v) is 7.65. The van der Waals surface area contributed by atoms with E-state index in [1.54, 1.807) is 0 Å². The summed E-state index contributed by atoms with van der Waals surface area (Å²) in [5.41, 5.74) is 3.31. The van der Waals surface area contributed by atoms with Gasteiger partial charge in [0, 0.05) is 18.2 Å². The molecule has 1 fully saturated rings. The lowest BCUT2D eigenvalue weighted by atomic mass is 9.95. The largest absolute Gasteiger partial charge is 0.326 e. The molecule has 0 bridgehead atoms. The van der Waals surface area contributed by atoms with Crippen LogP contribution < -0.4 is 5.32 Å². The minimum Gasteiger partial charge on any atom is -0.326 e. The van der Waals surface area contributed by atoms with Crippen molar-refractivity contribution in [2.24, 2.45) is 5.92 Å². The molecule has 138 valence electrons. The van der Waals surface area contributed by atoms with E-state index in [1.165, 1.54) is 5.56 Å². The van der Waals surface area contributed by atoms with E-state index < -0.39 is 0 Å². The summed E-state index contributed by atoms with van der Waals surface area (Å²) in [6, 6.07) is 13.9. The number of nitrogens with one attached hydrogen (secondary N) is 1. The molecule has 0 aromatic heterocycles. The average molecular weight is 391 g/mol. The monoisotopic (exact) mass is 390 g/mol. The Morgan fingerprint density at radius 1 is 1.04 bits per heavy atom. The van der Waals surface area contributed by atoms with Gasteiger partial charge in [-0.3, -0.25) is 9.69 Å². The Morgan fingerprint density at radius 2 is 1.69 bits per heavy atom. The highest BCUT2D eigenvalue weighted by atomic mass is 35.5. The molecule has 1 amide bonds. The second-order valence-electron chi connectivity index (χ2n) is 6.84. The van der Waals surface area contributed by atoms with E-state index >= 15 is 0 Å². The normalized spacial score (nSPS) is 15.8. The molecule has 3 nitrogen and oxygen atoms in total. The van der Waals surface area contributed by atoms with Crippen molar-refractivity contribution in [2.75, 3.05) is 18.4 Å². The van der Waals surface area contributed by atoms with Crippen molar-refractivity contribution < 1.29 is 4.79 Å². The van der Waals surface area contributed by atoms with E-state index in [1.807, 2.05) is 30.3 Å². The lowest BCUT2D eigenvalue weighted by molar-refractivity contribution is -0.121. The zero-order chi connectivity index (χ0) is 18.5. The molecule has 3 rings (SSSR count). The highest BCUT2D eigenvalue weighted by molar-refractivity contribution is 6.42. The van der Waals surface area contributed by atoms with Crippen LogP contribution >= 0.6 is 23.2 Å². The van der Waals surface area contributed by atoms with Crippen molar-refractivity contribution >= 4 is 34.8 Å². The van der Waals surface area contributed by atoms with E-state index in [2.05, 4.69) is 29.3 Å². The molecule has 2 aromatic rings. The Bertz CT molecular complexity index is 753. The summed E-state index contributed by atoms with van der Waals surface area (Å²) in [4.78, 5) is 14.9. The molecule has 0 atom stereocenters. The molecule has 2 aromatic carbocycles. The van der Waals surface area contributed by atoms with E-state index in [4.69, 9.17) is 23.2 Å². The van der Waals surface area contributed by atoms with Crippen LogP contribution in [0.5, 0.6) is 0 Å². The summed E-state index contributed by atoms with van der Waals surface area (Å²) in [7, 11) is 0. The maximum atomic E-state index is 12.5. The van der Waals surface area contributed by atoms with Crippen LogP contribution in [0.1, 0.15) is 30.9 Å². The predicted octanol–water partition coefficient (Wildman–Crippen LogP) is 5.41. The van der Waals surface area contributed by atoms with Gasteiger partial charge in [0.05, 0.1) is 10.0 Å². The molecule has 5 heteroatoms. The van der Waals surface area contributed by atoms with Crippen LogP contribution in [0, 0.1) is 5.92 Å². The van der Waals surface area contributed by atoms with Crippen molar-refractivity contribution in [3.63, 3.8) is 0 Å². The lowest BCUT2D eigenvalue weighted by Gasteiger charge is -2.31. The molecule has 0 saturated carbocycles. The maximum absolute atomic E-state index is 12.5. The predicted molar refractivity (Wildman–Crippen MR) is 109 cm³/mol. The van der Waals surface area contributed by atoms with E-state index in [-0.39, 0.29) is 11.8 Å². The van der Waals surface area contributed by atoms with Crippen molar-refractivity contribution in [1.82, 2.24) is 4.90 Å². The molecular weight excluding hydrogens is 367 g/mol. The Morgan fingerprint density at radius 3 is 2.31 bits per heavy atom. The van der Waals surface area contributed by atoms with Gasteiger partial charge in [-0.2, -0.15) is 0 Å². The van der Waals surface area contributed by atoms with Crippen LogP contribution in [0.25, 0.3) is 0 Å². The zero-order valence-corrected chi connectivity index (χ0v) is 16.5. The molecular formula is C21H24Cl2N2O. The minimum atomic E-state index is 0.0749. The van der Waals surface area contributed by atoms with Gasteiger partial charge >= 0.3 is 0 Å². The van der Waals surface area contributed by atoms with Gasteiger partial charge in [0.25, 0.3) is 0 Å². The van der Waals surface area contributed by atoms with Crippen LogP contribution in [-0.4, -0.2) is 23.9 Å². The third kappa shape index (κ3) is 5.00. The van der Waals surface area contributed by atoms with Crippen LogP contribution in [0.15, 0.2) is 42.5 Å². The van der Waals surface area contributed by atoms with Gasteiger partial charge in [-0.05, 0) is 67.7 Å². The highest BCUT2D eigenvalue weighted by Crippen LogP contribution is 2.25. The third-order valence-electron chi connectivity index (χ3n) is 4.98. The number of anilines is 1. The summed E-state index contributed by atoms with van der Waals surface area (Å²) in [5.74, 6) is 0.203. The zero-order valence-electron chi connectivity index (χ0n) is 15.0. The summed E-state index contributed by atoms with van der Waals surface area (Å²) >= 11 is 12.1. The number of amides is 1. The maximum Gasteiger partial charge on any atom is 0.227 e. The summed E-state index contributed by atoms with van der Waals surface area (Å²) in [6.07, 6.45) is 2.76. The van der Waals surface area contributed by atoms with Gasteiger partial charge in [-0.1, -0.05) is 48.3 Å². The van der Waals surface area contributed by atoms with Gasteiger partial charge < -0.3 is 5.32 Å². The number of likely N-dealkylation sites (tertiary alicyclic amines) is 1. The second kappa shape index (κ2) is 8.90. The minimum absolute atomic E-state index is 0.0749. The highest BCUT2D eigenvalue weighted by Gasteiger charge is 2.25. The fraction of sp³-hybridized carbons (Fsp3) is 0.381. The van der Waals surface area contributed by atoms with Crippen molar-refractivity contribution in [2.45, 2.75) is 32.7 Å². The molecule has 0 aliphatic carbocycles. The van der Waals surface area contributed by atoms with Crippen molar-refractivity contribution in [3.8, 4) is 0 Å². The molecule has 1 aliphatic rings. The van der Waals surface area contributed by atoms with Gasteiger partial charge in [-0.25, -0.2) is 0 Å². The molecule has 0 unspecified atom stereocenters. The van der Waals surface area contributed by atoms with E-state index in [0.29, 0.717) is 10.0 Å². The molecule has 1 N–H and O–H groups in total. The summed E-state index contributed by atoms with van der Waals surface area (Å²) in [5, 5.41) is 4.22. The number of carbonyl (C=O) groups excluding carboxylic acids is 1. The Hall–Kier alpha value is -1.55. The van der Waals surface area contributed by atoms with Crippen LogP contribution in [-0.2, 0) is 17.8 Å². The number of carbonyl (C=O) groups is 1. The first-order valence-electron chi connectivity index (χ1n) is 9.11. The van der Waals surface area contributed by atoms with Gasteiger partial charge in [0.2, 0.25) is 5.91 Å². The number of piperidine rings is 1. The number of hydrogen-bond acceptors (Lipinski definition) is 2. The molecule has 1 heterocycles. The Labute approximate surface area is 165 Å². The number of aryl methyl sites for hydroxylation is 1. The smallest absolute Gasteiger partial charge is 0.227 e. The SMILES string of the molecule is CCc1ccc(NC(=O)C2CCN(Cc3ccc(Cl)c(Cl)c3)CC2)cc1. The topological polar surface area (TPSA) is 32.3 Å². The number of hydrogen-bond donors (Lipinski definition) is 1. The van der Waals surface area contributed by atoms with Gasteiger partial charge in [-0.15, -0.1) is 0 Å². The first-order chi connectivity index (χ1) is 12.5. The number of halogens is 2.